The first-order valence-corrected chi connectivity index (χ1v) is 9.19. The predicted molar refractivity (Wildman–Crippen MR) is 106 cm³/mol. The Morgan fingerprint density at radius 3 is 2.42 bits per heavy atom. The van der Waals surface area contributed by atoms with Gasteiger partial charge in [-0.2, -0.15) is 5.10 Å². The molecule has 3 aromatic rings. The lowest BCUT2D eigenvalue weighted by atomic mass is 9.94. The summed E-state index contributed by atoms with van der Waals surface area (Å²) in [6.45, 7) is 0. The molecule has 0 radical (unpaired) electrons. The van der Waals surface area contributed by atoms with Crippen molar-refractivity contribution in [2.45, 2.75) is 18.6 Å². The molecule has 0 saturated heterocycles. The largest absolute Gasteiger partial charge is 0.360 e. The van der Waals surface area contributed by atoms with Crippen molar-refractivity contribution in [1.29, 1.82) is 0 Å². The summed E-state index contributed by atoms with van der Waals surface area (Å²) < 4.78 is 0. The van der Waals surface area contributed by atoms with Crippen molar-refractivity contribution in [2.24, 2.45) is 5.10 Å². The van der Waals surface area contributed by atoms with Crippen LogP contribution < -0.4 is 5.32 Å². The van der Waals surface area contributed by atoms with E-state index in [4.69, 9.17) is 16.7 Å². The predicted octanol–water partition coefficient (Wildman–Crippen LogP) is 5.62. The van der Waals surface area contributed by atoms with Crippen molar-refractivity contribution in [3.05, 3.63) is 101 Å². The van der Waals surface area contributed by atoms with Crippen LogP contribution in [0.15, 0.2) is 84.0 Å². The van der Waals surface area contributed by atoms with Gasteiger partial charge in [0, 0.05) is 17.1 Å². The number of hydrazone groups is 1. The third-order valence-electron chi connectivity index (χ3n) is 5.11. The molecule has 128 valence electrons. The van der Waals surface area contributed by atoms with Gasteiger partial charge < -0.3 is 5.32 Å². The molecule has 2 aliphatic heterocycles. The highest BCUT2D eigenvalue weighted by Crippen LogP contribution is 2.45. The second-order valence-electron chi connectivity index (χ2n) is 6.70. The van der Waals surface area contributed by atoms with Crippen molar-refractivity contribution >= 4 is 23.0 Å². The minimum atomic E-state index is 0.0286. The fourth-order valence-corrected chi connectivity index (χ4v) is 3.96. The highest BCUT2D eigenvalue weighted by Gasteiger charge is 2.39. The van der Waals surface area contributed by atoms with Crippen molar-refractivity contribution < 1.29 is 0 Å². The average molecular weight is 360 g/mol. The van der Waals surface area contributed by atoms with E-state index in [1.165, 1.54) is 16.8 Å². The smallest absolute Gasteiger partial charge is 0.142 e. The lowest BCUT2D eigenvalue weighted by molar-refractivity contribution is 0.169. The van der Waals surface area contributed by atoms with Crippen molar-refractivity contribution in [3.63, 3.8) is 0 Å². The Bertz CT molecular complexity index is 966. The van der Waals surface area contributed by atoms with Gasteiger partial charge in [0.2, 0.25) is 0 Å². The fourth-order valence-electron chi connectivity index (χ4n) is 3.84. The Morgan fingerprint density at radius 1 is 0.885 bits per heavy atom. The molecule has 2 atom stereocenters. The topological polar surface area (TPSA) is 27.6 Å². The highest BCUT2D eigenvalue weighted by molar-refractivity contribution is 6.30. The van der Waals surface area contributed by atoms with Crippen molar-refractivity contribution in [2.75, 3.05) is 5.32 Å². The molecule has 26 heavy (non-hydrogen) atoms. The van der Waals surface area contributed by atoms with Crippen LogP contribution in [0.2, 0.25) is 5.02 Å². The summed E-state index contributed by atoms with van der Waals surface area (Å²) in [5, 5.41) is 11.6. The number of benzene rings is 3. The van der Waals surface area contributed by atoms with Gasteiger partial charge >= 0.3 is 0 Å². The van der Waals surface area contributed by atoms with Crippen LogP contribution >= 0.6 is 11.6 Å². The van der Waals surface area contributed by atoms with Crippen molar-refractivity contribution in [1.82, 2.24) is 5.01 Å². The number of para-hydroxylation sites is 1. The van der Waals surface area contributed by atoms with Crippen LogP contribution in [0.25, 0.3) is 0 Å². The van der Waals surface area contributed by atoms with Crippen LogP contribution in [0, 0.1) is 0 Å². The summed E-state index contributed by atoms with van der Waals surface area (Å²) in [6.07, 6.45) is 0.921. The second kappa shape index (κ2) is 6.19. The zero-order valence-corrected chi connectivity index (χ0v) is 14.9. The van der Waals surface area contributed by atoms with Crippen LogP contribution in [0.5, 0.6) is 0 Å². The standard InChI is InChI=1S/C22H18ClN3/c23-17-12-10-15(11-13-17)20-14-21-18-8-4-5-9-19(18)24-22(26(21)25-20)16-6-2-1-3-7-16/h1-13,21-22,24H,14H2/t21-,22-/m1/s1. The molecule has 0 saturated carbocycles. The van der Waals surface area contributed by atoms with Crippen LogP contribution in [0.1, 0.15) is 35.3 Å². The van der Waals surface area contributed by atoms with Crippen LogP contribution in [0.3, 0.4) is 0 Å². The Hall–Kier alpha value is -2.78. The Kier molecular flexibility index (Phi) is 3.68. The summed E-state index contributed by atoms with van der Waals surface area (Å²) in [5.41, 5.74) is 5.94. The van der Waals surface area contributed by atoms with Gasteiger partial charge in [0.25, 0.3) is 0 Å². The number of nitrogens with zero attached hydrogens (tertiary/aromatic N) is 2. The van der Waals surface area contributed by atoms with Gasteiger partial charge in [0.15, 0.2) is 0 Å². The molecular formula is C22H18ClN3. The quantitative estimate of drug-likeness (QED) is 0.643. The van der Waals surface area contributed by atoms with Crippen LogP contribution in [-0.2, 0) is 0 Å². The number of halogens is 1. The molecule has 0 unspecified atom stereocenters. The Labute approximate surface area is 157 Å². The first-order chi connectivity index (χ1) is 12.8. The molecule has 3 aromatic carbocycles. The molecule has 3 nitrogen and oxygen atoms in total. The third kappa shape index (κ3) is 2.56. The van der Waals surface area contributed by atoms with Gasteiger partial charge in [0.1, 0.15) is 6.17 Å². The summed E-state index contributed by atoms with van der Waals surface area (Å²) in [6, 6.07) is 27.2. The van der Waals surface area contributed by atoms with Gasteiger partial charge in [-0.15, -0.1) is 0 Å². The minimum absolute atomic E-state index is 0.0286. The van der Waals surface area contributed by atoms with E-state index in [0.717, 1.165) is 22.7 Å². The number of nitrogens with one attached hydrogen (secondary N) is 1. The fraction of sp³-hybridized carbons (Fsp3) is 0.136. The highest BCUT2D eigenvalue weighted by atomic mass is 35.5. The van der Waals surface area contributed by atoms with E-state index in [9.17, 15) is 0 Å². The van der Waals surface area contributed by atoms with Gasteiger partial charge in [-0.1, -0.05) is 72.3 Å². The molecular weight excluding hydrogens is 342 g/mol. The number of fused-ring (bicyclic) bond motifs is 3. The van der Waals surface area contributed by atoms with E-state index in [1.807, 2.05) is 18.2 Å². The minimum Gasteiger partial charge on any atom is -0.360 e. The monoisotopic (exact) mass is 359 g/mol. The number of anilines is 1. The maximum atomic E-state index is 6.05. The molecule has 0 aliphatic carbocycles. The average Bonchev–Trinajstić information content (AvgIpc) is 3.14. The van der Waals surface area contributed by atoms with E-state index in [1.54, 1.807) is 0 Å². The molecule has 2 heterocycles. The molecule has 0 spiro atoms. The number of hydrogen-bond acceptors (Lipinski definition) is 3. The lowest BCUT2D eigenvalue weighted by Gasteiger charge is -2.39. The Balaban J connectivity index is 1.59. The molecule has 4 heteroatoms. The SMILES string of the molecule is Clc1ccc(C2=NN3[C@H](C2)c2ccccc2N[C@H]3c2ccccc2)cc1. The summed E-state index contributed by atoms with van der Waals surface area (Å²) in [7, 11) is 0. The number of hydrogen-bond donors (Lipinski definition) is 1. The van der Waals surface area contributed by atoms with E-state index >= 15 is 0 Å². The first-order valence-electron chi connectivity index (χ1n) is 8.82. The van der Waals surface area contributed by atoms with Crippen molar-refractivity contribution in [3.8, 4) is 0 Å². The van der Waals surface area contributed by atoms with Gasteiger partial charge in [-0.05, 0) is 34.9 Å². The summed E-state index contributed by atoms with van der Waals surface area (Å²) in [5.74, 6) is 0. The van der Waals surface area contributed by atoms with E-state index in [2.05, 4.69) is 71.0 Å². The van der Waals surface area contributed by atoms with Crippen LogP contribution in [-0.4, -0.2) is 10.7 Å². The lowest BCUT2D eigenvalue weighted by Crippen LogP contribution is -2.35. The second-order valence-corrected chi connectivity index (χ2v) is 7.13. The molecule has 1 N–H and O–H groups in total. The Morgan fingerprint density at radius 2 is 1.62 bits per heavy atom. The molecule has 0 amide bonds. The maximum absolute atomic E-state index is 6.05. The zero-order chi connectivity index (χ0) is 17.5. The number of rotatable bonds is 2. The van der Waals surface area contributed by atoms with E-state index < -0.39 is 0 Å². The van der Waals surface area contributed by atoms with Gasteiger partial charge in [0.05, 0.1) is 11.8 Å². The van der Waals surface area contributed by atoms with E-state index in [0.29, 0.717) is 0 Å². The normalized spacial score (nSPS) is 20.8. The van der Waals surface area contributed by atoms with E-state index in [-0.39, 0.29) is 12.2 Å². The molecule has 0 bridgehead atoms. The molecule has 5 rings (SSSR count). The zero-order valence-electron chi connectivity index (χ0n) is 14.1. The molecule has 0 fully saturated rings. The maximum Gasteiger partial charge on any atom is 0.142 e. The summed E-state index contributed by atoms with van der Waals surface area (Å²) >= 11 is 6.05. The van der Waals surface area contributed by atoms with Gasteiger partial charge in [-0.3, -0.25) is 5.01 Å². The molecule has 0 aromatic heterocycles. The first kappa shape index (κ1) is 15.5. The van der Waals surface area contributed by atoms with Crippen LogP contribution in [0.4, 0.5) is 5.69 Å². The van der Waals surface area contributed by atoms with Gasteiger partial charge in [-0.25, -0.2) is 0 Å². The third-order valence-corrected chi connectivity index (χ3v) is 5.36. The molecule has 2 aliphatic rings. The summed E-state index contributed by atoms with van der Waals surface area (Å²) in [4.78, 5) is 0.